The van der Waals surface area contributed by atoms with Crippen molar-refractivity contribution in [2.45, 2.75) is 26.3 Å². The molecule has 1 aromatic heterocycles. The predicted octanol–water partition coefficient (Wildman–Crippen LogP) is 3.52. The van der Waals surface area contributed by atoms with Gasteiger partial charge in [-0.15, -0.1) is 0 Å². The van der Waals surface area contributed by atoms with Crippen molar-refractivity contribution < 1.29 is 9.53 Å². The van der Waals surface area contributed by atoms with Gasteiger partial charge in [0.1, 0.15) is 6.54 Å². The molecule has 1 heterocycles. The maximum absolute atomic E-state index is 12.6. The maximum Gasteiger partial charge on any atom is 0.270 e. The smallest absolute Gasteiger partial charge is 0.270 e. The number of halogens is 1. The van der Waals surface area contributed by atoms with E-state index >= 15 is 0 Å². The number of amides is 1. The van der Waals surface area contributed by atoms with Crippen LogP contribution in [0.15, 0.2) is 64.2 Å². The standard InChI is InChI=1S/C21H23ClN4O3/c1-15-13-16(7-5-4-6-8-20(23-2)29-3)21(28)26(25-15)14-19(27)24-18-11-9-17(22)10-12-18/h4,6,8-13H,2,5,7,14H2,1,3H3,(H,24,27)/b6-4-,20-8+. The molecule has 0 aliphatic rings. The first-order chi connectivity index (χ1) is 13.9. The minimum absolute atomic E-state index is 0.170. The van der Waals surface area contributed by atoms with Crippen molar-refractivity contribution >= 4 is 29.9 Å². The zero-order valence-electron chi connectivity index (χ0n) is 16.4. The Kier molecular flexibility index (Phi) is 8.36. The number of anilines is 1. The normalized spacial score (nSPS) is 11.5. The lowest BCUT2D eigenvalue weighted by Crippen LogP contribution is -2.32. The summed E-state index contributed by atoms with van der Waals surface area (Å²) in [6.45, 7) is 5.01. The molecule has 0 radical (unpaired) electrons. The summed E-state index contributed by atoms with van der Waals surface area (Å²) in [4.78, 5) is 28.6. The summed E-state index contributed by atoms with van der Waals surface area (Å²) in [5.41, 5.74) is 1.58. The number of ether oxygens (including phenoxy) is 1. The molecule has 2 aromatic rings. The van der Waals surface area contributed by atoms with E-state index in [9.17, 15) is 9.59 Å². The number of carbonyl (C=O) groups is 1. The van der Waals surface area contributed by atoms with Crippen LogP contribution in [-0.2, 0) is 22.5 Å². The zero-order chi connectivity index (χ0) is 21.2. The van der Waals surface area contributed by atoms with E-state index in [0.717, 1.165) is 0 Å². The SMILES string of the molecule is C=N/C(=C\C=C/CCc1cc(C)nn(CC(=O)Nc2ccc(Cl)cc2)c1=O)OC. The summed E-state index contributed by atoms with van der Waals surface area (Å²) in [6.07, 6.45) is 6.54. The summed E-state index contributed by atoms with van der Waals surface area (Å²) >= 11 is 5.84. The van der Waals surface area contributed by atoms with E-state index in [1.165, 1.54) is 11.8 Å². The van der Waals surface area contributed by atoms with E-state index in [0.29, 0.717) is 40.7 Å². The average molecular weight is 415 g/mol. The number of nitrogens with zero attached hydrogens (tertiary/aromatic N) is 3. The molecular formula is C21H23ClN4O3. The molecule has 0 spiro atoms. The molecule has 152 valence electrons. The van der Waals surface area contributed by atoms with Gasteiger partial charge in [0, 0.05) is 16.3 Å². The predicted molar refractivity (Wildman–Crippen MR) is 115 cm³/mol. The fourth-order valence-electron chi connectivity index (χ4n) is 2.57. The van der Waals surface area contributed by atoms with E-state index < -0.39 is 0 Å². The Morgan fingerprint density at radius 2 is 2.10 bits per heavy atom. The number of allylic oxidation sites excluding steroid dienone is 3. The molecule has 29 heavy (non-hydrogen) atoms. The lowest BCUT2D eigenvalue weighted by Gasteiger charge is -2.09. The van der Waals surface area contributed by atoms with Gasteiger partial charge in [-0.25, -0.2) is 9.67 Å². The highest BCUT2D eigenvalue weighted by molar-refractivity contribution is 6.30. The highest BCUT2D eigenvalue weighted by Gasteiger charge is 2.10. The fourth-order valence-corrected chi connectivity index (χ4v) is 2.70. The Morgan fingerprint density at radius 3 is 2.76 bits per heavy atom. The topological polar surface area (TPSA) is 85.6 Å². The summed E-state index contributed by atoms with van der Waals surface area (Å²) in [5.74, 6) is 0.0718. The molecule has 0 atom stereocenters. The van der Waals surface area contributed by atoms with E-state index in [1.54, 1.807) is 49.4 Å². The largest absolute Gasteiger partial charge is 0.481 e. The number of nitrogens with one attached hydrogen (secondary N) is 1. The number of hydrogen-bond acceptors (Lipinski definition) is 5. The molecule has 0 bridgehead atoms. The first-order valence-corrected chi connectivity index (χ1v) is 9.31. The van der Waals surface area contributed by atoms with Crippen LogP contribution in [0.4, 0.5) is 5.69 Å². The Morgan fingerprint density at radius 1 is 1.38 bits per heavy atom. The van der Waals surface area contributed by atoms with Crippen molar-refractivity contribution in [3.63, 3.8) is 0 Å². The van der Waals surface area contributed by atoms with Crippen LogP contribution in [0.3, 0.4) is 0 Å². The Labute approximate surface area is 174 Å². The van der Waals surface area contributed by atoms with Gasteiger partial charge in [0.05, 0.1) is 12.8 Å². The van der Waals surface area contributed by atoms with E-state index in [4.69, 9.17) is 16.3 Å². The first-order valence-electron chi connectivity index (χ1n) is 8.93. The monoisotopic (exact) mass is 414 g/mol. The summed E-state index contributed by atoms with van der Waals surface area (Å²) in [7, 11) is 1.51. The van der Waals surface area contributed by atoms with Crippen LogP contribution in [0.25, 0.3) is 0 Å². The van der Waals surface area contributed by atoms with Crippen molar-refractivity contribution in [2.75, 3.05) is 12.4 Å². The Hall–Kier alpha value is -3.19. The van der Waals surface area contributed by atoms with Crippen LogP contribution in [0.5, 0.6) is 0 Å². The van der Waals surface area contributed by atoms with Crippen molar-refractivity contribution in [1.82, 2.24) is 9.78 Å². The second-order valence-corrected chi connectivity index (χ2v) is 6.60. The third-order valence-electron chi connectivity index (χ3n) is 3.91. The number of aromatic nitrogens is 2. The van der Waals surface area contributed by atoms with Crippen LogP contribution in [-0.4, -0.2) is 29.5 Å². The lowest BCUT2D eigenvalue weighted by atomic mass is 10.1. The molecule has 8 heteroatoms. The number of carbonyl (C=O) groups excluding carboxylic acids is 1. The number of aliphatic imine (C=N–C) groups is 1. The van der Waals surface area contributed by atoms with Crippen molar-refractivity contribution in [3.8, 4) is 0 Å². The number of hydrogen-bond donors (Lipinski definition) is 1. The van der Waals surface area contributed by atoms with Gasteiger partial charge in [-0.1, -0.05) is 23.8 Å². The fraction of sp³-hybridized carbons (Fsp3) is 0.238. The van der Waals surface area contributed by atoms with Gasteiger partial charge in [0.25, 0.3) is 5.56 Å². The first kappa shape index (κ1) is 22.1. The third-order valence-corrected chi connectivity index (χ3v) is 4.16. The Bertz CT molecular complexity index is 978. The molecule has 0 aliphatic carbocycles. The number of rotatable bonds is 9. The van der Waals surface area contributed by atoms with Crippen LogP contribution in [0, 0.1) is 6.92 Å². The van der Waals surface area contributed by atoms with E-state index in [-0.39, 0.29) is 18.0 Å². The molecule has 0 aliphatic heterocycles. The number of methoxy groups -OCH3 is 1. The molecule has 0 fully saturated rings. The van der Waals surface area contributed by atoms with Crippen LogP contribution < -0.4 is 10.9 Å². The molecule has 0 unspecified atom stereocenters. The van der Waals surface area contributed by atoms with Crippen molar-refractivity contribution in [1.29, 1.82) is 0 Å². The van der Waals surface area contributed by atoms with Gasteiger partial charge in [0.15, 0.2) is 0 Å². The highest BCUT2D eigenvalue weighted by atomic mass is 35.5. The summed E-state index contributed by atoms with van der Waals surface area (Å²) in [5, 5.41) is 7.48. The number of aryl methyl sites for hydroxylation is 2. The van der Waals surface area contributed by atoms with E-state index in [1.807, 2.05) is 6.08 Å². The van der Waals surface area contributed by atoms with Gasteiger partial charge < -0.3 is 10.1 Å². The van der Waals surface area contributed by atoms with Gasteiger partial charge in [-0.2, -0.15) is 5.10 Å². The van der Waals surface area contributed by atoms with Gasteiger partial charge in [-0.05, 0) is 62.9 Å². The van der Waals surface area contributed by atoms with Crippen molar-refractivity contribution in [3.05, 3.63) is 81.1 Å². The van der Waals surface area contributed by atoms with Gasteiger partial charge >= 0.3 is 0 Å². The molecule has 1 N–H and O–H groups in total. The lowest BCUT2D eigenvalue weighted by molar-refractivity contribution is -0.117. The maximum atomic E-state index is 12.6. The minimum Gasteiger partial charge on any atom is -0.481 e. The third kappa shape index (κ3) is 7.04. The summed E-state index contributed by atoms with van der Waals surface area (Å²) < 4.78 is 6.16. The molecular weight excluding hydrogens is 392 g/mol. The van der Waals surface area contributed by atoms with E-state index in [2.05, 4.69) is 22.1 Å². The average Bonchev–Trinajstić information content (AvgIpc) is 2.69. The summed E-state index contributed by atoms with van der Waals surface area (Å²) in [6, 6.07) is 8.47. The molecule has 1 amide bonds. The second kappa shape index (κ2) is 11.0. The van der Waals surface area contributed by atoms with Gasteiger partial charge in [-0.3, -0.25) is 9.59 Å². The van der Waals surface area contributed by atoms with Crippen LogP contribution >= 0.6 is 11.6 Å². The molecule has 1 aromatic carbocycles. The molecule has 2 rings (SSSR count). The van der Waals surface area contributed by atoms with Gasteiger partial charge in [0.2, 0.25) is 11.8 Å². The Balaban J connectivity index is 2.04. The minimum atomic E-state index is -0.340. The second-order valence-electron chi connectivity index (χ2n) is 6.16. The zero-order valence-corrected chi connectivity index (χ0v) is 17.1. The highest BCUT2D eigenvalue weighted by Crippen LogP contribution is 2.13. The molecule has 7 nitrogen and oxygen atoms in total. The quantitative estimate of drug-likeness (QED) is 0.386. The van der Waals surface area contributed by atoms with Crippen molar-refractivity contribution in [2.24, 2.45) is 4.99 Å². The van der Waals surface area contributed by atoms with Crippen LogP contribution in [0.1, 0.15) is 17.7 Å². The molecule has 0 saturated carbocycles. The number of benzene rings is 1. The van der Waals surface area contributed by atoms with Crippen LogP contribution in [0.2, 0.25) is 5.02 Å². The molecule has 0 saturated heterocycles.